The van der Waals surface area contributed by atoms with Crippen molar-refractivity contribution in [3.05, 3.63) is 35.4 Å². The second-order valence-electron chi connectivity index (χ2n) is 5.05. The Morgan fingerprint density at radius 1 is 1.24 bits per heavy atom. The molecule has 0 bridgehead atoms. The molecule has 3 nitrogen and oxygen atoms in total. The molecule has 0 aromatic heterocycles. The summed E-state index contributed by atoms with van der Waals surface area (Å²) in [5, 5.41) is 3.19. The van der Waals surface area contributed by atoms with Crippen LogP contribution in [0, 0.1) is 11.6 Å². The van der Waals surface area contributed by atoms with E-state index >= 15 is 0 Å². The van der Waals surface area contributed by atoms with Crippen molar-refractivity contribution >= 4 is 9.84 Å². The van der Waals surface area contributed by atoms with E-state index in [4.69, 9.17) is 0 Å². The molecular weight excluding hydrogens is 296 g/mol. The van der Waals surface area contributed by atoms with Crippen LogP contribution >= 0.6 is 0 Å². The van der Waals surface area contributed by atoms with Crippen molar-refractivity contribution in [3.8, 4) is 0 Å². The Morgan fingerprint density at radius 3 is 2.52 bits per heavy atom. The van der Waals surface area contributed by atoms with Gasteiger partial charge in [0.15, 0.2) is 0 Å². The van der Waals surface area contributed by atoms with Gasteiger partial charge in [0.2, 0.25) is 0 Å². The zero-order valence-electron chi connectivity index (χ0n) is 12.5. The predicted octanol–water partition coefficient (Wildman–Crippen LogP) is 3.22. The van der Waals surface area contributed by atoms with Gasteiger partial charge in [-0.2, -0.15) is 0 Å². The first kappa shape index (κ1) is 18.0. The van der Waals surface area contributed by atoms with Crippen molar-refractivity contribution in [1.82, 2.24) is 5.32 Å². The Labute approximate surface area is 125 Å². The van der Waals surface area contributed by atoms with Crippen molar-refractivity contribution < 1.29 is 17.2 Å². The van der Waals surface area contributed by atoms with Crippen molar-refractivity contribution in [2.75, 3.05) is 18.1 Å². The largest absolute Gasteiger partial charge is 0.310 e. The summed E-state index contributed by atoms with van der Waals surface area (Å²) in [4.78, 5) is 0. The molecule has 0 aliphatic carbocycles. The van der Waals surface area contributed by atoms with Crippen LogP contribution in [0.1, 0.15) is 44.7 Å². The fourth-order valence-corrected chi connectivity index (χ4v) is 3.02. The van der Waals surface area contributed by atoms with Crippen LogP contribution in [-0.4, -0.2) is 26.5 Å². The van der Waals surface area contributed by atoms with Crippen molar-refractivity contribution in [1.29, 1.82) is 0 Å². The molecule has 0 aliphatic rings. The number of hydrogen-bond donors (Lipinski definition) is 1. The summed E-state index contributed by atoms with van der Waals surface area (Å²) in [5.74, 6) is -0.997. The summed E-state index contributed by atoms with van der Waals surface area (Å²) < 4.78 is 49.8. The maximum atomic E-state index is 13.9. The van der Waals surface area contributed by atoms with Crippen LogP contribution in [0.3, 0.4) is 0 Å². The van der Waals surface area contributed by atoms with Crippen molar-refractivity contribution in [2.24, 2.45) is 0 Å². The topological polar surface area (TPSA) is 46.2 Å². The smallest absolute Gasteiger partial charge is 0.150 e. The Balaban J connectivity index is 2.76. The van der Waals surface area contributed by atoms with Crippen molar-refractivity contribution in [2.45, 2.75) is 39.2 Å². The second-order valence-corrected chi connectivity index (χ2v) is 7.52. The van der Waals surface area contributed by atoms with Crippen LogP contribution < -0.4 is 5.32 Å². The highest BCUT2D eigenvalue weighted by molar-refractivity contribution is 7.91. The van der Waals surface area contributed by atoms with Crippen LogP contribution in [0.15, 0.2) is 18.2 Å². The molecule has 120 valence electrons. The van der Waals surface area contributed by atoms with Gasteiger partial charge in [0.05, 0.1) is 5.75 Å². The third-order valence-corrected chi connectivity index (χ3v) is 5.16. The lowest BCUT2D eigenvalue weighted by Crippen LogP contribution is -2.24. The maximum absolute atomic E-state index is 13.9. The first-order valence-electron chi connectivity index (χ1n) is 7.28. The van der Waals surface area contributed by atoms with Gasteiger partial charge in [0.1, 0.15) is 21.5 Å². The fraction of sp³-hybridized carbons (Fsp3) is 0.600. The van der Waals surface area contributed by atoms with Gasteiger partial charge in [0, 0.05) is 23.4 Å². The molecule has 1 aromatic carbocycles. The molecule has 0 amide bonds. The first-order chi connectivity index (χ1) is 9.89. The first-order valence-corrected chi connectivity index (χ1v) is 9.10. The Hall–Kier alpha value is -1.01. The maximum Gasteiger partial charge on any atom is 0.150 e. The molecule has 0 spiro atoms. The number of nitrogens with one attached hydrogen (secondary N) is 1. The molecule has 0 heterocycles. The predicted molar refractivity (Wildman–Crippen MR) is 81.0 cm³/mol. The van der Waals surface area contributed by atoms with E-state index in [2.05, 4.69) is 5.32 Å². The lowest BCUT2D eigenvalue weighted by molar-refractivity contribution is 0.465. The number of sulfone groups is 1. The summed E-state index contributed by atoms with van der Waals surface area (Å²) in [6.07, 6.45) is 1.84. The molecule has 0 aliphatic heterocycles. The summed E-state index contributed by atoms with van der Waals surface area (Å²) in [6, 6.07) is 3.21. The van der Waals surface area contributed by atoms with E-state index < -0.39 is 21.5 Å². The molecule has 0 saturated carbocycles. The molecule has 1 rings (SSSR count). The van der Waals surface area contributed by atoms with Gasteiger partial charge in [-0.15, -0.1) is 0 Å². The minimum absolute atomic E-state index is 0.0939. The minimum Gasteiger partial charge on any atom is -0.310 e. The molecule has 21 heavy (non-hydrogen) atoms. The summed E-state index contributed by atoms with van der Waals surface area (Å²) in [7, 11) is -3.02. The summed E-state index contributed by atoms with van der Waals surface area (Å²) in [5.41, 5.74) is 0.388. The number of benzene rings is 1. The van der Waals surface area contributed by atoms with E-state index in [1.54, 1.807) is 6.92 Å². The molecule has 1 N–H and O–H groups in total. The number of rotatable bonds is 9. The highest BCUT2D eigenvalue weighted by atomic mass is 32.2. The van der Waals surface area contributed by atoms with Gasteiger partial charge in [-0.3, -0.25) is 0 Å². The Bertz CT molecular complexity index is 547. The summed E-state index contributed by atoms with van der Waals surface area (Å²) >= 11 is 0. The van der Waals surface area contributed by atoms with E-state index in [0.29, 0.717) is 24.9 Å². The fourth-order valence-electron chi connectivity index (χ4n) is 2.12. The van der Waals surface area contributed by atoms with Crippen LogP contribution in [0.5, 0.6) is 0 Å². The Morgan fingerprint density at radius 2 is 1.95 bits per heavy atom. The highest BCUT2D eigenvalue weighted by Crippen LogP contribution is 2.22. The van der Waals surface area contributed by atoms with Gasteiger partial charge in [-0.25, -0.2) is 17.2 Å². The molecule has 1 unspecified atom stereocenters. The van der Waals surface area contributed by atoms with E-state index in [-0.39, 0.29) is 17.5 Å². The van der Waals surface area contributed by atoms with E-state index in [9.17, 15) is 17.2 Å². The summed E-state index contributed by atoms with van der Waals surface area (Å²) in [6.45, 7) is 4.30. The van der Waals surface area contributed by atoms with E-state index in [0.717, 1.165) is 12.5 Å². The van der Waals surface area contributed by atoms with E-state index in [1.165, 1.54) is 12.1 Å². The second kappa shape index (κ2) is 8.44. The molecule has 0 radical (unpaired) electrons. The lowest BCUT2D eigenvalue weighted by atomic mass is 10.0. The zero-order chi connectivity index (χ0) is 15.9. The average Bonchev–Trinajstić information content (AvgIpc) is 2.43. The van der Waals surface area contributed by atoms with Gasteiger partial charge < -0.3 is 5.32 Å². The molecular formula is C15H23F2NO2S. The Kier molecular flexibility index (Phi) is 7.25. The molecule has 6 heteroatoms. The third kappa shape index (κ3) is 6.09. The van der Waals surface area contributed by atoms with Crippen LogP contribution in [0.2, 0.25) is 0 Å². The number of hydrogen-bond acceptors (Lipinski definition) is 3. The average molecular weight is 319 g/mol. The monoisotopic (exact) mass is 319 g/mol. The van der Waals surface area contributed by atoms with Crippen molar-refractivity contribution in [3.63, 3.8) is 0 Å². The molecule has 1 atom stereocenters. The van der Waals surface area contributed by atoms with Gasteiger partial charge in [-0.05, 0) is 31.9 Å². The van der Waals surface area contributed by atoms with Gasteiger partial charge >= 0.3 is 0 Å². The standard InChI is InChI=1S/C15H23F2NO2S/c1-3-9-18-15(6-5-10-21(19,20)4-2)13-8-7-12(16)11-14(13)17/h7-8,11,15,18H,3-6,9-10H2,1-2H3. The van der Waals surface area contributed by atoms with E-state index in [1.807, 2.05) is 6.92 Å². The number of halogens is 2. The third-order valence-electron chi connectivity index (χ3n) is 3.37. The molecule has 1 aromatic rings. The SMILES string of the molecule is CCCNC(CCCS(=O)(=O)CC)c1ccc(F)cc1F. The molecule has 0 fully saturated rings. The molecule has 0 saturated heterocycles. The van der Waals surface area contributed by atoms with Crippen LogP contribution in [-0.2, 0) is 9.84 Å². The van der Waals surface area contributed by atoms with Crippen LogP contribution in [0.25, 0.3) is 0 Å². The quantitative estimate of drug-likeness (QED) is 0.760. The minimum atomic E-state index is -3.02. The van der Waals surface area contributed by atoms with Gasteiger partial charge in [0.25, 0.3) is 0 Å². The van der Waals surface area contributed by atoms with Crippen LogP contribution in [0.4, 0.5) is 8.78 Å². The highest BCUT2D eigenvalue weighted by Gasteiger charge is 2.17. The zero-order valence-corrected chi connectivity index (χ0v) is 13.3. The normalized spacial score (nSPS) is 13.3. The van der Waals surface area contributed by atoms with Gasteiger partial charge in [-0.1, -0.05) is 19.9 Å². The lowest BCUT2D eigenvalue weighted by Gasteiger charge is -2.19.